The van der Waals surface area contributed by atoms with Crippen LogP contribution >= 0.6 is 0 Å². The molecule has 1 amide bonds. The summed E-state index contributed by atoms with van der Waals surface area (Å²) < 4.78 is 1.70. The van der Waals surface area contributed by atoms with E-state index in [1.807, 2.05) is 24.3 Å². The van der Waals surface area contributed by atoms with Crippen molar-refractivity contribution in [3.05, 3.63) is 72.3 Å². The third-order valence-electron chi connectivity index (χ3n) is 3.93. The first kappa shape index (κ1) is 15.6. The highest BCUT2D eigenvalue weighted by atomic mass is 16.3. The third-order valence-corrected chi connectivity index (χ3v) is 3.93. The summed E-state index contributed by atoms with van der Waals surface area (Å²) in [5.74, 6) is 0.134. The topological polar surface area (TPSA) is 106 Å². The predicted molar refractivity (Wildman–Crippen MR) is 98.3 cm³/mol. The summed E-state index contributed by atoms with van der Waals surface area (Å²) in [4.78, 5) is 15.6. The fourth-order valence-electron chi connectivity index (χ4n) is 2.69. The van der Waals surface area contributed by atoms with Gasteiger partial charge in [0.25, 0.3) is 0 Å². The lowest BCUT2D eigenvalue weighted by Crippen LogP contribution is -2.10. The van der Waals surface area contributed by atoms with Gasteiger partial charge in [-0.05, 0) is 48.5 Å². The van der Waals surface area contributed by atoms with Crippen LogP contribution in [0.1, 0.15) is 10.4 Å². The number of aromatic hydroxyl groups is 1. The number of hydrogen-bond donors (Lipinski definition) is 3. The summed E-state index contributed by atoms with van der Waals surface area (Å²) in [6.07, 6.45) is 0. The zero-order valence-electron chi connectivity index (χ0n) is 13.6. The zero-order chi connectivity index (χ0) is 18.1. The number of benzene rings is 2. The Hall–Kier alpha value is -3.87. The first-order chi connectivity index (χ1) is 12.6. The minimum absolute atomic E-state index is 0.188. The second-order valence-electron chi connectivity index (χ2n) is 5.73. The van der Waals surface area contributed by atoms with Crippen LogP contribution in [-0.4, -0.2) is 25.6 Å². The SMILES string of the molecule is NC(=O)c1ccc(Nc2nc3cccc(-c4cccc(O)c4)n3n2)cc1. The maximum Gasteiger partial charge on any atom is 0.248 e. The number of nitrogens with one attached hydrogen (secondary N) is 1. The molecule has 4 aromatic rings. The van der Waals surface area contributed by atoms with Gasteiger partial charge in [0.2, 0.25) is 11.9 Å². The second-order valence-corrected chi connectivity index (χ2v) is 5.73. The molecule has 2 aromatic carbocycles. The van der Waals surface area contributed by atoms with Gasteiger partial charge < -0.3 is 16.2 Å². The molecule has 0 saturated heterocycles. The van der Waals surface area contributed by atoms with Gasteiger partial charge in [0.15, 0.2) is 5.65 Å². The van der Waals surface area contributed by atoms with Crippen LogP contribution in [0, 0.1) is 0 Å². The molecule has 0 aliphatic heterocycles. The number of anilines is 2. The van der Waals surface area contributed by atoms with Crippen molar-refractivity contribution in [3.8, 4) is 17.0 Å². The average Bonchev–Trinajstić information content (AvgIpc) is 3.04. The molecule has 128 valence electrons. The van der Waals surface area contributed by atoms with Crippen molar-refractivity contribution in [3.63, 3.8) is 0 Å². The van der Waals surface area contributed by atoms with Gasteiger partial charge in [-0.2, -0.15) is 4.98 Å². The quantitative estimate of drug-likeness (QED) is 0.527. The summed E-state index contributed by atoms with van der Waals surface area (Å²) >= 11 is 0. The van der Waals surface area contributed by atoms with E-state index in [0.717, 1.165) is 16.9 Å². The van der Waals surface area contributed by atoms with Crippen molar-refractivity contribution >= 4 is 23.2 Å². The van der Waals surface area contributed by atoms with E-state index in [9.17, 15) is 9.90 Å². The Kier molecular flexibility index (Phi) is 3.74. The van der Waals surface area contributed by atoms with Crippen molar-refractivity contribution in [1.82, 2.24) is 14.6 Å². The van der Waals surface area contributed by atoms with E-state index in [0.29, 0.717) is 17.2 Å². The summed E-state index contributed by atoms with van der Waals surface area (Å²) in [6, 6.07) is 19.4. The lowest BCUT2D eigenvalue weighted by Gasteiger charge is -2.04. The van der Waals surface area contributed by atoms with Gasteiger partial charge in [-0.3, -0.25) is 4.79 Å². The highest BCUT2D eigenvalue weighted by Crippen LogP contribution is 2.24. The molecule has 2 aromatic heterocycles. The van der Waals surface area contributed by atoms with Crippen LogP contribution in [0.25, 0.3) is 16.9 Å². The molecular formula is C19H15N5O2. The average molecular weight is 345 g/mol. The van der Waals surface area contributed by atoms with Gasteiger partial charge in [0.1, 0.15) is 5.75 Å². The van der Waals surface area contributed by atoms with Gasteiger partial charge in [0.05, 0.1) is 5.69 Å². The van der Waals surface area contributed by atoms with Crippen molar-refractivity contribution in [2.45, 2.75) is 0 Å². The largest absolute Gasteiger partial charge is 0.508 e. The maximum absolute atomic E-state index is 11.1. The van der Waals surface area contributed by atoms with E-state index in [2.05, 4.69) is 15.4 Å². The Balaban J connectivity index is 1.69. The van der Waals surface area contributed by atoms with Crippen molar-refractivity contribution in [1.29, 1.82) is 0 Å². The number of fused-ring (bicyclic) bond motifs is 1. The van der Waals surface area contributed by atoms with Crippen molar-refractivity contribution in [2.75, 3.05) is 5.32 Å². The van der Waals surface area contributed by atoms with E-state index in [1.165, 1.54) is 0 Å². The second kappa shape index (κ2) is 6.21. The normalized spacial score (nSPS) is 10.8. The Bertz CT molecular complexity index is 1100. The van der Waals surface area contributed by atoms with Crippen LogP contribution in [0.3, 0.4) is 0 Å². The number of aromatic nitrogens is 3. The van der Waals surface area contributed by atoms with Crippen molar-refractivity contribution in [2.24, 2.45) is 5.73 Å². The van der Waals surface area contributed by atoms with Gasteiger partial charge in [0, 0.05) is 16.8 Å². The minimum atomic E-state index is -0.474. The summed E-state index contributed by atoms with van der Waals surface area (Å²) in [7, 11) is 0. The summed E-state index contributed by atoms with van der Waals surface area (Å²) in [6.45, 7) is 0. The summed E-state index contributed by atoms with van der Waals surface area (Å²) in [5.41, 5.74) is 8.73. The molecule has 0 radical (unpaired) electrons. The number of carbonyl (C=O) groups excluding carboxylic acids is 1. The van der Waals surface area contributed by atoms with Gasteiger partial charge in [-0.25, -0.2) is 4.52 Å². The first-order valence-corrected chi connectivity index (χ1v) is 7.92. The molecule has 0 aliphatic carbocycles. The highest BCUT2D eigenvalue weighted by Gasteiger charge is 2.10. The lowest BCUT2D eigenvalue weighted by atomic mass is 10.1. The molecule has 0 spiro atoms. The van der Waals surface area contributed by atoms with E-state index in [-0.39, 0.29) is 5.75 Å². The third kappa shape index (κ3) is 2.93. The number of hydrogen-bond acceptors (Lipinski definition) is 5. The van der Waals surface area contributed by atoms with E-state index in [1.54, 1.807) is 47.0 Å². The molecule has 0 saturated carbocycles. The molecule has 4 N–H and O–H groups in total. The summed E-state index contributed by atoms with van der Waals surface area (Å²) in [5, 5.41) is 17.3. The van der Waals surface area contributed by atoms with Gasteiger partial charge >= 0.3 is 0 Å². The standard InChI is InChI=1S/C19H15N5O2/c20-18(26)12-7-9-14(10-8-12)21-19-22-17-6-2-5-16(24(17)23-19)13-3-1-4-15(25)11-13/h1-11,25H,(H2,20,26)(H,21,23). The molecule has 7 heteroatoms. The highest BCUT2D eigenvalue weighted by molar-refractivity contribution is 5.93. The van der Waals surface area contributed by atoms with Crippen LogP contribution in [0.5, 0.6) is 5.75 Å². The predicted octanol–water partition coefficient (Wildman–Crippen LogP) is 2.94. The molecule has 26 heavy (non-hydrogen) atoms. The number of rotatable bonds is 4. The molecule has 0 atom stereocenters. The smallest absolute Gasteiger partial charge is 0.248 e. The molecule has 4 rings (SSSR count). The monoisotopic (exact) mass is 345 g/mol. The van der Waals surface area contributed by atoms with Crippen LogP contribution in [0.4, 0.5) is 11.6 Å². The molecule has 0 aliphatic rings. The first-order valence-electron chi connectivity index (χ1n) is 7.92. The Morgan fingerprint density at radius 2 is 1.81 bits per heavy atom. The van der Waals surface area contributed by atoms with Crippen LogP contribution < -0.4 is 11.1 Å². The number of phenolic OH excluding ortho intramolecular Hbond substituents is 1. The van der Waals surface area contributed by atoms with E-state index >= 15 is 0 Å². The number of amides is 1. The molecule has 0 bridgehead atoms. The van der Waals surface area contributed by atoms with Crippen LogP contribution in [0.15, 0.2) is 66.7 Å². The molecule has 0 fully saturated rings. The van der Waals surface area contributed by atoms with Gasteiger partial charge in [-0.15, -0.1) is 5.10 Å². The Morgan fingerprint density at radius 3 is 2.54 bits per heavy atom. The number of pyridine rings is 1. The fourth-order valence-corrected chi connectivity index (χ4v) is 2.69. The number of nitrogens with two attached hydrogens (primary N) is 1. The number of nitrogens with zero attached hydrogens (tertiary/aromatic N) is 3. The molecule has 7 nitrogen and oxygen atoms in total. The van der Waals surface area contributed by atoms with Gasteiger partial charge in [-0.1, -0.05) is 18.2 Å². The van der Waals surface area contributed by atoms with Crippen LogP contribution in [-0.2, 0) is 0 Å². The van der Waals surface area contributed by atoms with E-state index < -0.39 is 5.91 Å². The number of carbonyl (C=O) groups is 1. The molecule has 0 unspecified atom stereocenters. The Labute approximate surface area is 148 Å². The minimum Gasteiger partial charge on any atom is -0.508 e. The Morgan fingerprint density at radius 1 is 1.04 bits per heavy atom. The fraction of sp³-hybridized carbons (Fsp3) is 0. The van der Waals surface area contributed by atoms with Crippen LogP contribution in [0.2, 0.25) is 0 Å². The van der Waals surface area contributed by atoms with E-state index in [4.69, 9.17) is 5.73 Å². The molecule has 2 heterocycles. The lowest BCUT2D eigenvalue weighted by molar-refractivity contribution is 0.100. The number of phenols is 1. The zero-order valence-corrected chi connectivity index (χ0v) is 13.6. The number of primary amides is 1. The maximum atomic E-state index is 11.1. The molecular weight excluding hydrogens is 330 g/mol. The van der Waals surface area contributed by atoms with Crippen molar-refractivity contribution < 1.29 is 9.90 Å².